The lowest BCUT2D eigenvalue weighted by Gasteiger charge is -2.30. The number of sulfonamides is 1. The van der Waals surface area contributed by atoms with E-state index in [1.54, 1.807) is 26.0 Å². The lowest BCUT2D eigenvalue weighted by atomic mass is 10.0. The number of ether oxygens (including phenoxy) is 1. The van der Waals surface area contributed by atoms with Crippen LogP contribution in [0.15, 0.2) is 42.5 Å². The molecule has 2 aliphatic carbocycles. The van der Waals surface area contributed by atoms with Crippen LogP contribution in [0.3, 0.4) is 0 Å². The predicted molar refractivity (Wildman–Crippen MR) is 195 cm³/mol. The Morgan fingerprint density at radius 2 is 1.89 bits per heavy atom. The zero-order valence-electron chi connectivity index (χ0n) is 29.8. The number of carbonyl (C=O) groups is 4. The van der Waals surface area contributed by atoms with E-state index in [1.807, 2.05) is 25.1 Å². The fourth-order valence-electron chi connectivity index (χ4n) is 7.12. The molecule has 0 spiro atoms. The Morgan fingerprint density at radius 1 is 1.09 bits per heavy atom. The second kappa shape index (κ2) is 14.1. The fourth-order valence-corrected chi connectivity index (χ4v) is 9.20. The van der Waals surface area contributed by atoms with Crippen LogP contribution in [0.2, 0.25) is 0 Å². The maximum Gasteiger partial charge on any atom is 0.262 e. The molecule has 3 fully saturated rings. The number of aromatic nitrogens is 2. The van der Waals surface area contributed by atoms with Gasteiger partial charge in [0, 0.05) is 17.2 Å². The third kappa shape index (κ3) is 7.39. The second-order valence-electron chi connectivity index (χ2n) is 14.9. The lowest BCUT2D eigenvalue weighted by molar-refractivity contribution is -0.141. The molecule has 7 rings (SSSR count). The van der Waals surface area contributed by atoms with Crippen LogP contribution in [0, 0.1) is 25.6 Å². The van der Waals surface area contributed by atoms with E-state index in [0.717, 1.165) is 17.7 Å². The van der Waals surface area contributed by atoms with Gasteiger partial charge in [-0.3, -0.25) is 23.9 Å². The summed E-state index contributed by atoms with van der Waals surface area (Å²) in [6.45, 7) is 5.05. The van der Waals surface area contributed by atoms with Crippen LogP contribution in [0.4, 0.5) is 4.39 Å². The van der Waals surface area contributed by atoms with E-state index in [2.05, 4.69) is 25.3 Å². The molecule has 1 aromatic carbocycles. The number of halogens is 1. The minimum Gasteiger partial charge on any atom is -0.471 e. The summed E-state index contributed by atoms with van der Waals surface area (Å²) in [4.78, 5) is 67.6. The summed E-state index contributed by atoms with van der Waals surface area (Å²) < 4.78 is 48.3. The van der Waals surface area contributed by atoms with Crippen molar-refractivity contribution in [3.63, 3.8) is 0 Å². The number of hydrogen-bond acceptors (Lipinski definition) is 10. The minimum absolute atomic E-state index is 0.0112. The van der Waals surface area contributed by atoms with Crippen molar-refractivity contribution in [2.24, 2.45) is 5.92 Å². The summed E-state index contributed by atoms with van der Waals surface area (Å²) in [5.41, 5.74) is -0.800. The number of aryl methyl sites for hydroxylation is 2. The molecule has 53 heavy (non-hydrogen) atoms. The van der Waals surface area contributed by atoms with Gasteiger partial charge in [0.05, 0.1) is 21.7 Å². The van der Waals surface area contributed by atoms with Crippen molar-refractivity contribution in [2.75, 3.05) is 6.54 Å². The molecule has 0 radical (unpaired) electrons. The summed E-state index contributed by atoms with van der Waals surface area (Å²) >= 11 is 1.31. The molecule has 5 atom stereocenters. The standard InChI is InChI=1S/C37H43FN6O7S2/c1-21-14-15-29(52-21)32(46)40-27-12-8-6-4-5-7-10-23-19-37(23,35(48)43-53(49,50)36(3)16-17-36)42-31(45)28-18-24(20-44(28)34(27)47)51-33-22(2)39-26-13-9-11-25(38)30(26)41-33/h7,9-11,13-15,23-24,27-28H,4-6,8,12,16-20H2,1-3H3,(H,40,46)(H,42,45)(H,43,48). The summed E-state index contributed by atoms with van der Waals surface area (Å²) in [5, 5.41) is 5.76. The predicted octanol–water partition coefficient (Wildman–Crippen LogP) is 3.99. The van der Waals surface area contributed by atoms with E-state index in [1.165, 1.54) is 28.4 Å². The van der Waals surface area contributed by atoms with E-state index < -0.39 is 73.9 Å². The molecule has 3 aromatic rings. The van der Waals surface area contributed by atoms with Gasteiger partial charge in [-0.15, -0.1) is 11.3 Å². The zero-order valence-corrected chi connectivity index (χ0v) is 31.4. The average molecular weight is 767 g/mol. The molecule has 282 valence electrons. The number of nitrogens with zero attached hydrogens (tertiary/aromatic N) is 3. The van der Waals surface area contributed by atoms with E-state index in [4.69, 9.17) is 4.74 Å². The maximum absolute atomic E-state index is 14.7. The third-order valence-electron chi connectivity index (χ3n) is 10.8. The van der Waals surface area contributed by atoms with Crippen molar-refractivity contribution < 1.29 is 36.7 Å². The highest BCUT2D eigenvalue weighted by atomic mass is 32.2. The molecule has 2 saturated carbocycles. The normalized spacial score (nSPS) is 27.1. The second-order valence-corrected chi connectivity index (χ2v) is 18.3. The van der Waals surface area contributed by atoms with Crippen LogP contribution < -0.4 is 20.1 Å². The Hall–Kier alpha value is -4.44. The van der Waals surface area contributed by atoms with Crippen molar-refractivity contribution in [3.05, 3.63) is 63.7 Å². The SMILES string of the molecule is Cc1ccc(C(=O)NC2CCCCCC=CC3CC3(C(=O)NS(=O)(=O)C3(C)CC3)NC(=O)C3CC(Oc4nc5c(F)cccc5nc4C)CN3C2=O)s1. The number of nitrogens with one attached hydrogen (secondary N) is 3. The largest absolute Gasteiger partial charge is 0.471 e. The number of hydrogen-bond donors (Lipinski definition) is 3. The number of amides is 4. The summed E-state index contributed by atoms with van der Waals surface area (Å²) in [6.07, 6.45) is 7.20. The highest BCUT2D eigenvalue weighted by molar-refractivity contribution is 7.91. The molecule has 16 heteroatoms. The van der Waals surface area contributed by atoms with E-state index in [-0.39, 0.29) is 30.8 Å². The van der Waals surface area contributed by atoms with Crippen molar-refractivity contribution in [1.82, 2.24) is 30.2 Å². The molecule has 3 N–H and O–H groups in total. The van der Waals surface area contributed by atoms with Gasteiger partial charge in [-0.25, -0.2) is 22.8 Å². The third-order valence-corrected chi connectivity index (χ3v) is 14.0. The van der Waals surface area contributed by atoms with Gasteiger partial charge >= 0.3 is 0 Å². The number of fused-ring (bicyclic) bond motifs is 3. The maximum atomic E-state index is 14.7. The molecule has 2 aliphatic heterocycles. The number of allylic oxidation sites excluding steroid dienone is 1. The Balaban J connectivity index is 1.20. The van der Waals surface area contributed by atoms with E-state index >= 15 is 0 Å². The van der Waals surface area contributed by atoms with Gasteiger partial charge < -0.3 is 20.3 Å². The van der Waals surface area contributed by atoms with Gasteiger partial charge in [0.15, 0.2) is 5.82 Å². The first-order valence-electron chi connectivity index (χ1n) is 18.0. The molecule has 2 aromatic heterocycles. The topological polar surface area (TPSA) is 177 Å². The summed E-state index contributed by atoms with van der Waals surface area (Å²) in [7, 11) is -4.00. The van der Waals surface area contributed by atoms with Crippen LogP contribution in [0.1, 0.15) is 85.0 Å². The van der Waals surface area contributed by atoms with E-state index in [0.29, 0.717) is 48.2 Å². The Morgan fingerprint density at radius 3 is 2.62 bits per heavy atom. The van der Waals surface area contributed by atoms with E-state index in [9.17, 15) is 32.0 Å². The van der Waals surface area contributed by atoms with Gasteiger partial charge in [-0.2, -0.15) is 0 Å². The smallest absolute Gasteiger partial charge is 0.262 e. The molecule has 4 aliphatic rings. The molecule has 0 bridgehead atoms. The van der Waals surface area contributed by atoms with Gasteiger partial charge in [0.1, 0.15) is 34.9 Å². The van der Waals surface area contributed by atoms with Crippen LogP contribution in [-0.2, 0) is 24.4 Å². The monoisotopic (exact) mass is 766 g/mol. The number of carbonyl (C=O) groups excluding carboxylic acids is 4. The molecule has 4 amide bonds. The highest BCUT2D eigenvalue weighted by Crippen LogP contribution is 2.47. The average Bonchev–Trinajstić information content (AvgIpc) is 3.91. The van der Waals surface area contributed by atoms with Gasteiger partial charge in [0.25, 0.3) is 11.8 Å². The lowest BCUT2D eigenvalue weighted by Crippen LogP contribution is -2.58. The molecular formula is C37H43FN6O7S2. The van der Waals surface area contributed by atoms with Crippen molar-refractivity contribution in [3.8, 4) is 5.88 Å². The molecule has 4 heterocycles. The van der Waals surface area contributed by atoms with Crippen LogP contribution in [-0.4, -0.2) is 81.9 Å². The highest BCUT2D eigenvalue weighted by Gasteiger charge is 2.63. The molecule has 5 unspecified atom stereocenters. The van der Waals surface area contributed by atoms with Crippen LogP contribution in [0.25, 0.3) is 11.0 Å². The minimum atomic E-state index is -4.00. The Kier molecular flexibility index (Phi) is 9.81. The number of rotatable bonds is 7. The zero-order chi connectivity index (χ0) is 37.7. The Bertz CT molecular complexity index is 2120. The molecule has 13 nitrogen and oxygen atoms in total. The van der Waals surface area contributed by atoms with Crippen LogP contribution in [0.5, 0.6) is 5.88 Å². The van der Waals surface area contributed by atoms with Crippen molar-refractivity contribution >= 4 is 56.0 Å². The number of benzene rings is 1. The summed E-state index contributed by atoms with van der Waals surface area (Å²) in [5.74, 6) is -3.36. The first-order valence-corrected chi connectivity index (χ1v) is 20.3. The molecular weight excluding hydrogens is 724 g/mol. The first kappa shape index (κ1) is 36.9. The fraction of sp³-hybridized carbons (Fsp3) is 0.514. The number of thiophene rings is 1. The Labute approximate surface area is 311 Å². The number of para-hydroxylation sites is 1. The van der Waals surface area contributed by atoms with Crippen molar-refractivity contribution in [1.29, 1.82) is 0 Å². The van der Waals surface area contributed by atoms with Gasteiger partial charge in [-0.05, 0) is 83.6 Å². The van der Waals surface area contributed by atoms with Crippen molar-refractivity contribution in [2.45, 2.75) is 107 Å². The van der Waals surface area contributed by atoms with Crippen LogP contribution >= 0.6 is 11.3 Å². The summed E-state index contributed by atoms with van der Waals surface area (Å²) in [6, 6.07) is 5.83. The quantitative estimate of drug-likeness (QED) is 0.300. The first-order chi connectivity index (χ1) is 25.2. The molecule has 1 saturated heterocycles. The van der Waals surface area contributed by atoms with Gasteiger partial charge in [0.2, 0.25) is 27.7 Å². The van der Waals surface area contributed by atoms with Gasteiger partial charge in [-0.1, -0.05) is 31.1 Å².